The molecule has 14 heavy (non-hydrogen) atoms. The van der Waals surface area contributed by atoms with Gasteiger partial charge < -0.3 is 5.11 Å². The van der Waals surface area contributed by atoms with Crippen LogP contribution >= 0.6 is 12.6 Å². The number of aromatic carboxylic acids is 1. The van der Waals surface area contributed by atoms with Gasteiger partial charge in [-0.1, -0.05) is 19.9 Å². The smallest absolute Gasteiger partial charge is 0.336 e. The Morgan fingerprint density at radius 1 is 1.50 bits per heavy atom. The molecule has 0 amide bonds. The quantitative estimate of drug-likeness (QED) is 0.753. The van der Waals surface area contributed by atoms with E-state index in [-0.39, 0.29) is 5.56 Å². The van der Waals surface area contributed by atoms with Crippen LogP contribution in [-0.2, 0) is 6.42 Å². The molecule has 1 aromatic carbocycles. The van der Waals surface area contributed by atoms with E-state index in [1.165, 1.54) is 0 Å². The molecule has 0 spiro atoms. The zero-order valence-electron chi connectivity index (χ0n) is 8.32. The molecule has 0 heterocycles. The van der Waals surface area contributed by atoms with E-state index in [4.69, 9.17) is 5.11 Å². The molecular formula is C11H14O2S. The monoisotopic (exact) mass is 210 g/mol. The number of carboxylic acid groups (broad SMARTS) is 1. The van der Waals surface area contributed by atoms with Crippen LogP contribution in [0, 0.1) is 5.92 Å². The molecule has 0 radical (unpaired) electrons. The van der Waals surface area contributed by atoms with Gasteiger partial charge >= 0.3 is 5.97 Å². The molecular weight excluding hydrogens is 196 g/mol. The summed E-state index contributed by atoms with van der Waals surface area (Å²) in [5.41, 5.74) is 1.33. The summed E-state index contributed by atoms with van der Waals surface area (Å²) in [4.78, 5) is 11.3. The topological polar surface area (TPSA) is 37.3 Å². The van der Waals surface area contributed by atoms with Crippen LogP contribution in [0.5, 0.6) is 0 Å². The van der Waals surface area contributed by atoms with Gasteiger partial charge in [-0.25, -0.2) is 4.79 Å². The van der Waals surface area contributed by atoms with E-state index >= 15 is 0 Å². The summed E-state index contributed by atoms with van der Waals surface area (Å²) in [6.07, 6.45) is 0.897. The van der Waals surface area contributed by atoms with Crippen LogP contribution in [0.2, 0.25) is 0 Å². The number of carboxylic acids is 1. The first-order valence-corrected chi connectivity index (χ1v) is 5.00. The summed E-state index contributed by atoms with van der Waals surface area (Å²) < 4.78 is 0. The van der Waals surface area contributed by atoms with Crippen LogP contribution in [0.4, 0.5) is 0 Å². The molecule has 0 saturated carbocycles. The standard InChI is InChI=1S/C11H14O2S/c1-7(2)5-8-3-4-10(14)9(6-8)11(12)13/h3-4,6-7,14H,5H2,1-2H3,(H,12,13). The molecule has 0 aliphatic carbocycles. The van der Waals surface area contributed by atoms with Crippen molar-refractivity contribution < 1.29 is 9.90 Å². The molecule has 0 aliphatic rings. The molecule has 1 N–H and O–H groups in total. The van der Waals surface area contributed by atoms with Gasteiger partial charge in [0, 0.05) is 4.90 Å². The summed E-state index contributed by atoms with van der Waals surface area (Å²) >= 11 is 4.09. The van der Waals surface area contributed by atoms with Crippen LogP contribution in [0.1, 0.15) is 29.8 Å². The number of hydrogen-bond acceptors (Lipinski definition) is 2. The van der Waals surface area contributed by atoms with Gasteiger partial charge in [0.1, 0.15) is 0 Å². The van der Waals surface area contributed by atoms with Gasteiger partial charge in [-0.05, 0) is 30.0 Å². The Morgan fingerprint density at radius 2 is 2.14 bits per heavy atom. The first kappa shape index (κ1) is 11.1. The van der Waals surface area contributed by atoms with Crippen molar-refractivity contribution in [2.24, 2.45) is 5.92 Å². The summed E-state index contributed by atoms with van der Waals surface area (Å²) in [5.74, 6) is -0.386. The van der Waals surface area contributed by atoms with E-state index in [9.17, 15) is 4.79 Å². The first-order valence-electron chi connectivity index (χ1n) is 4.56. The lowest BCUT2D eigenvalue weighted by molar-refractivity contribution is 0.0693. The summed E-state index contributed by atoms with van der Waals surface area (Å²) in [6.45, 7) is 4.21. The predicted octanol–water partition coefficient (Wildman–Crippen LogP) is 2.87. The molecule has 0 aliphatic heterocycles. The average molecular weight is 210 g/mol. The molecule has 0 aromatic heterocycles. The number of thiol groups is 1. The zero-order valence-corrected chi connectivity index (χ0v) is 9.21. The molecule has 0 unspecified atom stereocenters. The van der Waals surface area contributed by atoms with Gasteiger partial charge in [-0.3, -0.25) is 0 Å². The Bertz CT molecular complexity index is 345. The lowest BCUT2D eigenvalue weighted by Crippen LogP contribution is -2.01. The highest BCUT2D eigenvalue weighted by Gasteiger charge is 2.08. The van der Waals surface area contributed by atoms with Gasteiger partial charge in [0.2, 0.25) is 0 Å². The van der Waals surface area contributed by atoms with Crippen LogP contribution in [0.3, 0.4) is 0 Å². The Hall–Kier alpha value is -0.960. The Morgan fingerprint density at radius 3 is 2.64 bits per heavy atom. The molecule has 0 fully saturated rings. The molecule has 0 saturated heterocycles. The van der Waals surface area contributed by atoms with Gasteiger partial charge in [-0.15, -0.1) is 12.6 Å². The van der Waals surface area contributed by atoms with Crippen molar-refractivity contribution in [3.63, 3.8) is 0 Å². The lowest BCUT2D eigenvalue weighted by Gasteiger charge is -2.07. The molecule has 1 aromatic rings. The lowest BCUT2D eigenvalue weighted by atomic mass is 10.0. The minimum atomic E-state index is -0.916. The van der Waals surface area contributed by atoms with Crippen molar-refractivity contribution in [1.29, 1.82) is 0 Å². The van der Waals surface area contributed by atoms with E-state index in [0.29, 0.717) is 10.8 Å². The molecule has 3 heteroatoms. The predicted molar refractivity (Wildman–Crippen MR) is 59.2 cm³/mol. The number of hydrogen-bond donors (Lipinski definition) is 2. The second-order valence-electron chi connectivity index (χ2n) is 3.75. The van der Waals surface area contributed by atoms with Crippen molar-refractivity contribution >= 4 is 18.6 Å². The van der Waals surface area contributed by atoms with Crippen molar-refractivity contribution in [2.75, 3.05) is 0 Å². The normalized spacial score (nSPS) is 10.6. The van der Waals surface area contributed by atoms with Gasteiger partial charge in [0.15, 0.2) is 0 Å². The maximum absolute atomic E-state index is 10.8. The van der Waals surface area contributed by atoms with Crippen molar-refractivity contribution in [3.8, 4) is 0 Å². The third kappa shape index (κ3) is 2.77. The fraction of sp³-hybridized carbons (Fsp3) is 0.364. The van der Waals surface area contributed by atoms with Crippen molar-refractivity contribution in [2.45, 2.75) is 25.2 Å². The van der Waals surface area contributed by atoms with Crippen LogP contribution in [0.15, 0.2) is 23.1 Å². The van der Waals surface area contributed by atoms with Gasteiger partial charge in [0.25, 0.3) is 0 Å². The molecule has 0 atom stereocenters. The van der Waals surface area contributed by atoms with E-state index < -0.39 is 5.97 Å². The SMILES string of the molecule is CC(C)Cc1ccc(S)c(C(=O)O)c1. The average Bonchev–Trinajstić information content (AvgIpc) is 2.07. The minimum absolute atomic E-state index is 0.284. The second-order valence-corrected chi connectivity index (χ2v) is 4.24. The summed E-state index contributed by atoms with van der Waals surface area (Å²) in [7, 11) is 0. The summed E-state index contributed by atoms with van der Waals surface area (Å²) in [5, 5.41) is 8.88. The minimum Gasteiger partial charge on any atom is -0.478 e. The Kier molecular flexibility index (Phi) is 3.58. The van der Waals surface area contributed by atoms with E-state index in [1.54, 1.807) is 12.1 Å². The van der Waals surface area contributed by atoms with Gasteiger partial charge in [-0.2, -0.15) is 0 Å². The third-order valence-electron chi connectivity index (χ3n) is 1.94. The molecule has 0 bridgehead atoms. The maximum atomic E-state index is 10.8. The van der Waals surface area contributed by atoms with E-state index in [2.05, 4.69) is 26.5 Å². The fourth-order valence-electron chi connectivity index (χ4n) is 1.35. The van der Waals surface area contributed by atoms with E-state index in [1.807, 2.05) is 6.07 Å². The third-order valence-corrected chi connectivity index (χ3v) is 2.33. The van der Waals surface area contributed by atoms with Crippen LogP contribution in [0.25, 0.3) is 0 Å². The molecule has 76 valence electrons. The largest absolute Gasteiger partial charge is 0.478 e. The fourth-order valence-corrected chi connectivity index (χ4v) is 1.59. The maximum Gasteiger partial charge on any atom is 0.336 e. The number of rotatable bonds is 3. The van der Waals surface area contributed by atoms with Crippen molar-refractivity contribution in [1.82, 2.24) is 0 Å². The summed E-state index contributed by atoms with van der Waals surface area (Å²) in [6, 6.07) is 5.36. The highest BCUT2D eigenvalue weighted by Crippen LogP contribution is 2.17. The highest BCUT2D eigenvalue weighted by molar-refractivity contribution is 7.80. The van der Waals surface area contributed by atoms with Crippen LogP contribution < -0.4 is 0 Å². The van der Waals surface area contributed by atoms with Gasteiger partial charge in [0.05, 0.1) is 5.56 Å². The van der Waals surface area contributed by atoms with Crippen molar-refractivity contribution in [3.05, 3.63) is 29.3 Å². The number of carbonyl (C=O) groups is 1. The zero-order chi connectivity index (χ0) is 10.7. The highest BCUT2D eigenvalue weighted by atomic mass is 32.1. The molecule has 1 rings (SSSR count). The van der Waals surface area contributed by atoms with Crippen LogP contribution in [-0.4, -0.2) is 11.1 Å². The number of benzene rings is 1. The Balaban J connectivity index is 3.00. The molecule has 2 nitrogen and oxygen atoms in total. The first-order chi connectivity index (χ1) is 6.50. The second kappa shape index (κ2) is 4.51. The van der Waals surface area contributed by atoms with E-state index in [0.717, 1.165) is 12.0 Å². The Labute approximate surface area is 89.4 Å².